The molecule has 0 fully saturated rings. The van der Waals surface area contributed by atoms with Crippen molar-refractivity contribution in [3.63, 3.8) is 0 Å². The van der Waals surface area contributed by atoms with Gasteiger partial charge in [-0.2, -0.15) is 0 Å². The van der Waals surface area contributed by atoms with E-state index in [1.165, 1.54) is 0 Å². The van der Waals surface area contributed by atoms with E-state index < -0.39 is 10.0 Å². The zero-order valence-corrected chi connectivity index (χ0v) is 11.8. The van der Waals surface area contributed by atoms with E-state index in [0.717, 1.165) is 12.7 Å². The number of sulfonamides is 1. The van der Waals surface area contributed by atoms with Gasteiger partial charge in [-0.25, -0.2) is 13.1 Å². The summed E-state index contributed by atoms with van der Waals surface area (Å²) in [5.74, 6) is -0.0868. The van der Waals surface area contributed by atoms with Crippen molar-refractivity contribution < 1.29 is 13.2 Å². The van der Waals surface area contributed by atoms with Crippen LogP contribution in [0, 0.1) is 0 Å². The molecule has 0 rings (SSSR count). The van der Waals surface area contributed by atoms with Gasteiger partial charge >= 0.3 is 0 Å². The van der Waals surface area contributed by atoms with Gasteiger partial charge in [0.15, 0.2) is 0 Å². The van der Waals surface area contributed by atoms with Crippen molar-refractivity contribution in [3.8, 4) is 0 Å². The van der Waals surface area contributed by atoms with Crippen molar-refractivity contribution in [2.24, 2.45) is 0 Å². The van der Waals surface area contributed by atoms with Crippen molar-refractivity contribution in [2.45, 2.75) is 32.7 Å². The predicted octanol–water partition coefficient (Wildman–Crippen LogP) is -0.570. The molecule has 0 atom stereocenters. The van der Waals surface area contributed by atoms with Crippen LogP contribution in [-0.2, 0) is 14.8 Å². The minimum Gasteiger partial charge on any atom is -0.350 e. The molecule has 0 unspecified atom stereocenters. The van der Waals surface area contributed by atoms with E-state index in [4.69, 9.17) is 0 Å². The Hall–Kier alpha value is -0.660. The molecule has 0 saturated carbocycles. The first-order chi connectivity index (χ1) is 7.66. The summed E-state index contributed by atoms with van der Waals surface area (Å²) in [6.45, 7) is 6.81. The minimum atomic E-state index is -3.15. The Morgan fingerprint density at radius 1 is 1.24 bits per heavy atom. The molecule has 0 heterocycles. The fourth-order valence-corrected chi connectivity index (χ4v) is 1.51. The molecule has 0 aromatic heterocycles. The topological polar surface area (TPSA) is 87.3 Å². The SMILES string of the molecule is CCC(C)(C)NC(=O)CNCCNS(C)(=O)=O. The molecule has 6 nitrogen and oxygen atoms in total. The summed E-state index contributed by atoms with van der Waals surface area (Å²) < 4.78 is 23.8. The van der Waals surface area contributed by atoms with Gasteiger partial charge in [-0.05, 0) is 20.3 Å². The third-order valence-electron chi connectivity index (χ3n) is 2.31. The first kappa shape index (κ1) is 16.3. The second-order valence-corrected chi connectivity index (χ2v) is 6.46. The van der Waals surface area contributed by atoms with Crippen molar-refractivity contribution in [1.82, 2.24) is 15.4 Å². The average Bonchev–Trinajstić information content (AvgIpc) is 2.14. The summed E-state index contributed by atoms with van der Waals surface area (Å²) in [5, 5.41) is 5.74. The van der Waals surface area contributed by atoms with Crippen molar-refractivity contribution in [3.05, 3.63) is 0 Å². The van der Waals surface area contributed by atoms with Crippen LogP contribution in [0.5, 0.6) is 0 Å². The maximum absolute atomic E-state index is 11.5. The van der Waals surface area contributed by atoms with Crippen LogP contribution in [0.1, 0.15) is 27.2 Å². The van der Waals surface area contributed by atoms with Crippen molar-refractivity contribution in [2.75, 3.05) is 25.9 Å². The Morgan fingerprint density at radius 2 is 1.82 bits per heavy atom. The standard InChI is InChI=1S/C10H23N3O3S/c1-5-10(2,3)13-9(14)8-11-6-7-12-17(4,15)16/h11-12H,5-8H2,1-4H3,(H,13,14). The van der Waals surface area contributed by atoms with Gasteiger partial charge in [0.2, 0.25) is 15.9 Å². The number of amides is 1. The van der Waals surface area contributed by atoms with E-state index in [1.807, 2.05) is 20.8 Å². The molecule has 0 aromatic carbocycles. The highest BCUT2D eigenvalue weighted by Crippen LogP contribution is 2.05. The predicted molar refractivity (Wildman–Crippen MR) is 68.2 cm³/mol. The van der Waals surface area contributed by atoms with Crippen LogP contribution in [0.25, 0.3) is 0 Å². The zero-order valence-electron chi connectivity index (χ0n) is 11.0. The van der Waals surface area contributed by atoms with Crippen LogP contribution < -0.4 is 15.4 Å². The Morgan fingerprint density at radius 3 is 2.29 bits per heavy atom. The Bertz CT molecular complexity index is 339. The van der Waals surface area contributed by atoms with Gasteiger partial charge in [0.1, 0.15) is 0 Å². The number of nitrogens with one attached hydrogen (secondary N) is 3. The van der Waals surface area contributed by atoms with E-state index >= 15 is 0 Å². The third-order valence-corrected chi connectivity index (χ3v) is 3.04. The van der Waals surface area contributed by atoms with Gasteiger partial charge in [-0.15, -0.1) is 0 Å². The summed E-state index contributed by atoms with van der Waals surface area (Å²) in [5.41, 5.74) is -0.205. The maximum atomic E-state index is 11.5. The summed E-state index contributed by atoms with van der Waals surface area (Å²) in [7, 11) is -3.15. The van der Waals surface area contributed by atoms with Gasteiger partial charge < -0.3 is 10.6 Å². The molecule has 0 saturated heterocycles. The lowest BCUT2D eigenvalue weighted by molar-refractivity contribution is -0.121. The first-order valence-electron chi connectivity index (χ1n) is 5.62. The van der Waals surface area contributed by atoms with E-state index in [9.17, 15) is 13.2 Å². The smallest absolute Gasteiger partial charge is 0.234 e. The summed E-state index contributed by atoms with van der Waals surface area (Å²) >= 11 is 0. The highest BCUT2D eigenvalue weighted by atomic mass is 32.2. The van der Waals surface area contributed by atoms with Gasteiger partial charge in [-0.1, -0.05) is 6.92 Å². The molecule has 7 heteroatoms. The number of hydrogen-bond acceptors (Lipinski definition) is 4. The molecule has 1 amide bonds. The van der Waals surface area contributed by atoms with Crippen LogP contribution in [0.2, 0.25) is 0 Å². The first-order valence-corrected chi connectivity index (χ1v) is 7.52. The molecule has 0 spiro atoms. The number of carbonyl (C=O) groups is 1. The molecular weight excluding hydrogens is 242 g/mol. The van der Waals surface area contributed by atoms with Crippen LogP contribution in [0.15, 0.2) is 0 Å². The molecule has 3 N–H and O–H groups in total. The van der Waals surface area contributed by atoms with E-state index in [1.54, 1.807) is 0 Å². The zero-order chi connectivity index (χ0) is 13.5. The van der Waals surface area contributed by atoms with Gasteiger partial charge in [0, 0.05) is 18.6 Å². The normalized spacial score (nSPS) is 12.5. The van der Waals surface area contributed by atoms with Crippen LogP contribution in [0.3, 0.4) is 0 Å². The number of carbonyl (C=O) groups excluding carboxylic acids is 1. The van der Waals surface area contributed by atoms with E-state index in [0.29, 0.717) is 6.54 Å². The number of rotatable bonds is 8. The average molecular weight is 265 g/mol. The maximum Gasteiger partial charge on any atom is 0.234 e. The number of hydrogen-bond donors (Lipinski definition) is 3. The molecule has 102 valence electrons. The van der Waals surface area contributed by atoms with Crippen LogP contribution >= 0.6 is 0 Å². The molecule has 0 aliphatic heterocycles. The van der Waals surface area contributed by atoms with E-state index in [2.05, 4.69) is 15.4 Å². The second-order valence-electron chi connectivity index (χ2n) is 4.63. The third kappa shape index (κ3) is 10.2. The largest absolute Gasteiger partial charge is 0.350 e. The second kappa shape index (κ2) is 6.93. The summed E-state index contributed by atoms with van der Waals surface area (Å²) in [4.78, 5) is 11.5. The molecule has 0 bridgehead atoms. The van der Waals surface area contributed by atoms with Crippen LogP contribution in [0.4, 0.5) is 0 Å². The minimum absolute atomic E-state index is 0.0868. The molecule has 0 aliphatic carbocycles. The fourth-order valence-electron chi connectivity index (χ4n) is 1.04. The Labute approximate surface area is 104 Å². The van der Waals surface area contributed by atoms with Gasteiger partial charge in [-0.3, -0.25) is 4.79 Å². The molecule has 17 heavy (non-hydrogen) atoms. The fraction of sp³-hybridized carbons (Fsp3) is 0.900. The molecule has 0 aromatic rings. The monoisotopic (exact) mass is 265 g/mol. The summed E-state index contributed by atoms with van der Waals surface area (Å²) in [6.07, 6.45) is 1.96. The van der Waals surface area contributed by atoms with Crippen molar-refractivity contribution >= 4 is 15.9 Å². The van der Waals surface area contributed by atoms with Gasteiger partial charge in [0.05, 0.1) is 12.8 Å². The van der Waals surface area contributed by atoms with Crippen LogP contribution in [-0.4, -0.2) is 45.8 Å². The lowest BCUT2D eigenvalue weighted by Crippen LogP contribution is -2.47. The molecule has 0 radical (unpaired) electrons. The Balaban J connectivity index is 3.66. The lowest BCUT2D eigenvalue weighted by atomic mass is 10.0. The van der Waals surface area contributed by atoms with Gasteiger partial charge in [0.25, 0.3) is 0 Å². The quantitative estimate of drug-likeness (QED) is 0.513. The lowest BCUT2D eigenvalue weighted by Gasteiger charge is -2.24. The van der Waals surface area contributed by atoms with E-state index in [-0.39, 0.29) is 24.5 Å². The molecule has 0 aliphatic rings. The highest BCUT2D eigenvalue weighted by molar-refractivity contribution is 7.88. The van der Waals surface area contributed by atoms with Crippen molar-refractivity contribution in [1.29, 1.82) is 0 Å². The molecular formula is C10H23N3O3S. The Kier molecular flexibility index (Phi) is 6.66. The highest BCUT2D eigenvalue weighted by Gasteiger charge is 2.16. The summed E-state index contributed by atoms with van der Waals surface area (Å²) in [6, 6.07) is 0.